The fourth-order valence-electron chi connectivity index (χ4n) is 5.55. The highest BCUT2D eigenvalue weighted by molar-refractivity contribution is 5.78. The summed E-state index contributed by atoms with van der Waals surface area (Å²) in [6, 6.07) is 10.3. The van der Waals surface area contributed by atoms with Crippen LogP contribution in [0, 0.1) is 12.3 Å². The first-order chi connectivity index (χ1) is 17.6. The fourth-order valence-corrected chi connectivity index (χ4v) is 5.55. The molecule has 0 aliphatic heterocycles. The minimum Gasteiger partial charge on any atom is -0.390 e. The predicted molar refractivity (Wildman–Crippen MR) is 155 cm³/mol. The Morgan fingerprint density at radius 2 is 1.92 bits per heavy atom. The van der Waals surface area contributed by atoms with Gasteiger partial charge in [0.15, 0.2) is 0 Å². The summed E-state index contributed by atoms with van der Waals surface area (Å²) in [6.07, 6.45) is 17.9. The van der Waals surface area contributed by atoms with Gasteiger partial charge in [0.25, 0.3) is 0 Å². The molecule has 0 spiro atoms. The molecule has 0 radical (unpaired) electrons. The summed E-state index contributed by atoms with van der Waals surface area (Å²) in [7, 11) is 0. The van der Waals surface area contributed by atoms with E-state index < -0.39 is 11.1 Å². The molecule has 1 aliphatic carbocycles. The zero-order chi connectivity index (χ0) is 26.8. The molecule has 0 saturated heterocycles. The van der Waals surface area contributed by atoms with E-state index in [1.807, 2.05) is 57.2 Å². The van der Waals surface area contributed by atoms with Crippen molar-refractivity contribution in [3.63, 3.8) is 0 Å². The van der Waals surface area contributed by atoms with Crippen LogP contribution in [-0.2, 0) is 0 Å². The molecule has 4 rings (SSSR count). The van der Waals surface area contributed by atoms with Crippen molar-refractivity contribution < 1.29 is 5.11 Å². The first-order valence-corrected chi connectivity index (χ1v) is 12.8. The maximum Gasteiger partial charge on any atom is 0.235 e. The number of aliphatic hydroxyl groups is 1. The molecular formula is C32H38N4O. The zero-order valence-electron chi connectivity index (χ0n) is 22.4. The number of imidazole rings is 1. The van der Waals surface area contributed by atoms with Crippen molar-refractivity contribution in [2.75, 3.05) is 0 Å². The molecule has 5 nitrogen and oxygen atoms in total. The number of nitrogens with zero attached hydrogens (tertiary/aromatic N) is 3. The first kappa shape index (κ1) is 26.5. The van der Waals surface area contributed by atoms with Gasteiger partial charge in [-0.25, -0.2) is 9.97 Å². The number of benzene rings is 1. The van der Waals surface area contributed by atoms with Crippen molar-refractivity contribution in [3.05, 3.63) is 103 Å². The number of hydrogen-bond donors (Lipinski definition) is 2. The SMILES string of the molecule is C=C/C=C(\C=C/C)c1c(C)nc2nc(/C=C/CC(C)(C=C)C3(N)CC(C)(O)C3)c(-c3ccccc3)cn12. The number of allylic oxidation sites excluding steroid dienone is 6. The molecule has 1 aliphatic rings. The maximum atomic E-state index is 10.3. The van der Waals surface area contributed by atoms with Gasteiger partial charge in [0.2, 0.25) is 5.78 Å². The van der Waals surface area contributed by atoms with Gasteiger partial charge in [0.1, 0.15) is 0 Å². The van der Waals surface area contributed by atoms with Gasteiger partial charge in [-0.2, -0.15) is 0 Å². The third-order valence-electron chi connectivity index (χ3n) is 7.62. The average Bonchev–Trinajstić information content (AvgIpc) is 3.16. The largest absolute Gasteiger partial charge is 0.390 e. The van der Waals surface area contributed by atoms with Gasteiger partial charge in [-0.15, -0.1) is 6.58 Å². The molecule has 1 saturated carbocycles. The van der Waals surface area contributed by atoms with E-state index in [1.165, 1.54) is 0 Å². The quantitative estimate of drug-likeness (QED) is 0.257. The smallest absolute Gasteiger partial charge is 0.235 e. The second kappa shape index (κ2) is 10.1. The van der Waals surface area contributed by atoms with Gasteiger partial charge < -0.3 is 10.8 Å². The molecule has 37 heavy (non-hydrogen) atoms. The maximum absolute atomic E-state index is 10.3. The Morgan fingerprint density at radius 3 is 2.51 bits per heavy atom. The minimum absolute atomic E-state index is 0.351. The fraction of sp³-hybridized carbons (Fsp3) is 0.312. The van der Waals surface area contributed by atoms with Gasteiger partial charge >= 0.3 is 0 Å². The lowest BCUT2D eigenvalue weighted by Crippen LogP contribution is -2.68. The highest BCUT2D eigenvalue weighted by Crippen LogP contribution is 2.52. The van der Waals surface area contributed by atoms with Crippen molar-refractivity contribution in [2.24, 2.45) is 11.1 Å². The van der Waals surface area contributed by atoms with Crippen molar-refractivity contribution in [2.45, 2.75) is 58.1 Å². The van der Waals surface area contributed by atoms with E-state index in [0.717, 1.165) is 33.8 Å². The standard InChI is InChI=1S/C32H38N4O/c1-7-14-25(15-8-2)28-23(4)34-29-35-27(26(20-36(28)29)24-16-11-10-12-17-24)18-13-19-30(5,9-3)32(33)21-31(6,37)22-32/h7-18,20,37H,1,3,19,21-22,33H2,2,4-6H3/b15-8-,18-13+,25-14+. The van der Waals surface area contributed by atoms with Crippen LogP contribution >= 0.6 is 0 Å². The number of fused-ring (bicyclic) bond motifs is 1. The Hall–Kier alpha value is -3.54. The highest BCUT2D eigenvalue weighted by atomic mass is 16.3. The monoisotopic (exact) mass is 494 g/mol. The van der Waals surface area contributed by atoms with E-state index >= 15 is 0 Å². The van der Waals surface area contributed by atoms with Crippen LogP contribution in [0.25, 0.3) is 28.6 Å². The normalized spacial score (nSPS) is 23.9. The molecule has 0 amide bonds. The summed E-state index contributed by atoms with van der Waals surface area (Å²) in [5, 5.41) is 10.3. The second-order valence-electron chi connectivity index (χ2n) is 10.7. The Labute approximate surface area is 220 Å². The van der Waals surface area contributed by atoms with E-state index in [0.29, 0.717) is 25.0 Å². The summed E-state index contributed by atoms with van der Waals surface area (Å²) >= 11 is 0. The van der Waals surface area contributed by atoms with Crippen LogP contribution in [0.5, 0.6) is 0 Å². The Morgan fingerprint density at radius 1 is 1.22 bits per heavy atom. The zero-order valence-corrected chi connectivity index (χ0v) is 22.4. The van der Waals surface area contributed by atoms with Crippen molar-refractivity contribution in [3.8, 4) is 11.1 Å². The Bertz CT molecular complexity index is 1400. The minimum atomic E-state index is -0.710. The van der Waals surface area contributed by atoms with Crippen LogP contribution < -0.4 is 5.73 Å². The van der Waals surface area contributed by atoms with Gasteiger partial charge in [0.05, 0.1) is 22.7 Å². The lowest BCUT2D eigenvalue weighted by molar-refractivity contribution is -0.105. The third-order valence-corrected chi connectivity index (χ3v) is 7.62. The van der Waals surface area contributed by atoms with Crippen LogP contribution in [0.15, 0.2) is 86.1 Å². The molecule has 3 N–H and O–H groups in total. The van der Waals surface area contributed by atoms with Crippen LogP contribution in [0.3, 0.4) is 0 Å². The molecule has 1 fully saturated rings. The first-order valence-electron chi connectivity index (χ1n) is 12.8. The molecule has 1 unspecified atom stereocenters. The number of aromatic nitrogens is 3. The number of aryl methyl sites for hydroxylation is 1. The topological polar surface area (TPSA) is 76.4 Å². The molecule has 2 aromatic heterocycles. The predicted octanol–water partition coefficient (Wildman–Crippen LogP) is 6.69. The summed E-state index contributed by atoms with van der Waals surface area (Å²) in [5.74, 6) is 0.642. The Kier molecular flexibility index (Phi) is 7.22. The summed E-state index contributed by atoms with van der Waals surface area (Å²) < 4.78 is 2.06. The molecule has 192 valence electrons. The van der Waals surface area contributed by atoms with Crippen LogP contribution in [-0.4, -0.2) is 30.6 Å². The van der Waals surface area contributed by atoms with Crippen molar-refractivity contribution >= 4 is 17.4 Å². The van der Waals surface area contributed by atoms with Crippen LogP contribution in [0.2, 0.25) is 0 Å². The third kappa shape index (κ3) is 5.02. The van der Waals surface area contributed by atoms with Gasteiger partial charge in [-0.3, -0.25) is 4.40 Å². The van der Waals surface area contributed by atoms with Crippen molar-refractivity contribution in [1.29, 1.82) is 0 Å². The molecule has 0 bridgehead atoms. The molecule has 1 aromatic carbocycles. The summed E-state index contributed by atoms with van der Waals surface area (Å²) in [6.45, 7) is 15.9. The molecule has 5 heteroatoms. The summed E-state index contributed by atoms with van der Waals surface area (Å²) in [4.78, 5) is 9.78. The van der Waals surface area contributed by atoms with E-state index in [1.54, 1.807) is 6.08 Å². The Balaban J connectivity index is 1.79. The number of nitrogens with two attached hydrogens (primary N) is 1. The van der Waals surface area contributed by atoms with E-state index in [9.17, 15) is 5.11 Å². The highest BCUT2D eigenvalue weighted by Gasteiger charge is 2.56. The average molecular weight is 495 g/mol. The second-order valence-corrected chi connectivity index (χ2v) is 10.7. The summed E-state index contributed by atoms with van der Waals surface area (Å²) in [5.41, 5.74) is 11.0. The van der Waals surface area contributed by atoms with Gasteiger partial charge in [0, 0.05) is 28.3 Å². The molecule has 2 heterocycles. The van der Waals surface area contributed by atoms with E-state index in [2.05, 4.69) is 61.0 Å². The van der Waals surface area contributed by atoms with Crippen molar-refractivity contribution in [1.82, 2.24) is 14.4 Å². The molecule has 3 aromatic rings. The van der Waals surface area contributed by atoms with E-state index in [4.69, 9.17) is 15.7 Å². The van der Waals surface area contributed by atoms with E-state index in [-0.39, 0.29) is 5.41 Å². The van der Waals surface area contributed by atoms with Gasteiger partial charge in [-0.05, 0) is 51.7 Å². The van der Waals surface area contributed by atoms with Crippen LogP contribution in [0.4, 0.5) is 0 Å². The molecule has 1 atom stereocenters. The number of rotatable bonds is 9. The lowest BCUT2D eigenvalue weighted by atomic mass is 9.53. The molecular weight excluding hydrogens is 456 g/mol. The number of hydrogen-bond acceptors (Lipinski definition) is 4. The van der Waals surface area contributed by atoms with Crippen LogP contribution in [0.1, 0.15) is 57.1 Å². The van der Waals surface area contributed by atoms with Gasteiger partial charge in [-0.1, -0.05) is 80.3 Å². The lowest BCUT2D eigenvalue weighted by Gasteiger charge is -2.57.